The van der Waals surface area contributed by atoms with E-state index in [0.29, 0.717) is 19.3 Å². The molecule has 0 radical (unpaired) electrons. The summed E-state index contributed by atoms with van der Waals surface area (Å²) < 4.78 is 16.6. The largest absolute Gasteiger partial charge is 0.462 e. The Morgan fingerprint density at radius 2 is 0.702 bits per heavy atom. The van der Waals surface area contributed by atoms with Gasteiger partial charge in [-0.15, -0.1) is 0 Å². The van der Waals surface area contributed by atoms with Crippen LogP contribution in [0.15, 0.2) is 72.9 Å². The van der Waals surface area contributed by atoms with Crippen molar-refractivity contribution in [3.63, 3.8) is 0 Å². The first-order valence-electron chi connectivity index (χ1n) is 23.4. The van der Waals surface area contributed by atoms with Gasteiger partial charge in [0.05, 0.1) is 0 Å². The lowest BCUT2D eigenvalue weighted by Gasteiger charge is -2.18. The van der Waals surface area contributed by atoms with E-state index in [0.717, 1.165) is 70.6 Å². The molecule has 0 N–H and O–H groups in total. The zero-order valence-electron chi connectivity index (χ0n) is 37.1. The second kappa shape index (κ2) is 45.6. The molecular weight excluding hydrogens is 709 g/mol. The molecule has 0 aliphatic rings. The highest BCUT2D eigenvalue weighted by Gasteiger charge is 2.19. The minimum atomic E-state index is -0.811. The SMILES string of the molecule is CC/C=C\C/C=C\C/C=C\CCCCC(=O)OC(COC(=O)CCC/C=C\C/C=C\C/C=C\CCCCCCCC)COC(=O)CCCCCCCCCCCC. The van der Waals surface area contributed by atoms with Crippen LogP contribution >= 0.6 is 0 Å². The maximum atomic E-state index is 12.7. The summed E-state index contributed by atoms with van der Waals surface area (Å²) in [5.41, 5.74) is 0. The van der Waals surface area contributed by atoms with Crippen molar-refractivity contribution in [3.05, 3.63) is 72.9 Å². The Hall–Kier alpha value is -3.15. The van der Waals surface area contributed by atoms with E-state index in [9.17, 15) is 14.4 Å². The van der Waals surface area contributed by atoms with E-state index in [-0.39, 0.29) is 44.0 Å². The maximum Gasteiger partial charge on any atom is 0.306 e. The van der Waals surface area contributed by atoms with E-state index < -0.39 is 6.10 Å². The van der Waals surface area contributed by atoms with Crippen molar-refractivity contribution in [2.75, 3.05) is 13.2 Å². The van der Waals surface area contributed by atoms with Crippen LogP contribution in [0.1, 0.15) is 213 Å². The number of carbonyl (C=O) groups excluding carboxylic acids is 3. The van der Waals surface area contributed by atoms with Crippen LogP contribution in [-0.4, -0.2) is 37.2 Å². The maximum absolute atomic E-state index is 12.7. The number of allylic oxidation sites excluding steroid dienone is 12. The van der Waals surface area contributed by atoms with Crippen LogP contribution in [0.5, 0.6) is 0 Å². The minimum absolute atomic E-state index is 0.106. The average molecular weight is 795 g/mol. The van der Waals surface area contributed by atoms with Crippen molar-refractivity contribution >= 4 is 17.9 Å². The van der Waals surface area contributed by atoms with Crippen LogP contribution in [-0.2, 0) is 28.6 Å². The van der Waals surface area contributed by atoms with Crippen molar-refractivity contribution in [3.8, 4) is 0 Å². The standard InChI is InChI=1S/C51H86O6/c1-4-7-10-13-16-19-22-24-25-26-27-28-30-32-35-38-41-44-50(53)56-47-48(46-55-49(52)43-40-37-34-31-21-18-15-12-9-6-3)57-51(54)45-42-39-36-33-29-23-20-17-14-11-8-5-2/h8,11,17,20,24-25,27-29,32-33,35,48H,4-7,9-10,12-16,18-19,21-23,26,30-31,34,36-47H2,1-3H3/b11-8-,20-17-,25-24-,28-27-,33-29-,35-32-. The van der Waals surface area contributed by atoms with Gasteiger partial charge in [0.15, 0.2) is 6.10 Å². The van der Waals surface area contributed by atoms with E-state index in [1.54, 1.807) is 0 Å². The number of ether oxygens (including phenoxy) is 3. The number of unbranched alkanes of at least 4 members (excludes halogenated alkanes) is 18. The van der Waals surface area contributed by atoms with Gasteiger partial charge in [-0.3, -0.25) is 14.4 Å². The summed E-state index contributed by atoms with van der Waals surface area (Å²) in [7, 11) is 0. The van der Waals surface area contributed by atoms with E-state index in [1.807, 2.05) is 0 Å². The third-order valence-corrected chi connectivity index (χ3v) is 9.70. The van der Waals surface area contributed by atoms with Crippen LogP contribution in [0.2, 0.25) is 0 Å². The monoisotopic (exact) mass is 795 g/mol. The fraction of sp³-hybridized carbons (Fsp3) is 0.706. The first kappa shape index (κ1) is 53.9. The number of rotatable bonds is 41. The molecule has 0 fully saturated rings. The lowest BCUT2D eigenvalue weighted by atomic mass is 10.1. The predicted octanol–water partition coefficient (Wildman–Crippen LogP) is 15.1. The van der Waals surface area contributed by atoms with Gasteiger partial charge in [0.2, 0.25) is 0 Å². The van der Waals surface area contributed by atoms with Gasteiger partial charge < -0.3 is 14.2 Å². The first-order valence-corrected chi connectivity index (χ1v) is 23.4. The third-order valence-electron chi connectivity index (χ3n) is 9.70. The number of esters is 3. The van der Waals surface area contributed by atoms with E-state index in [1.165, 1.54) is 89.9 Å². The molecule has 0 saturated heterocycles. The molecule has 0 spiro atoms. The molecule has 0 amide bonds. The molecular formula is C51H86O6. The van der Waals surface area contributed by atoms with Crippen molar-refractivity contribution in [2.24, 2.45) is 0 Å². The molecule has 0 rings (SSSR count). The summed E-state index contributed by atoms with van der Waals surface area (Å²) in [6.07, 6.45) is 56.1. The summed E-state index contributed by atoms with van der Waals surface area (Å²) in [6, 6.07) is 0. The second-order valence-electron chi connectivity index (χ2n) is 15.3. The normalized spacial score (nSPS) is 12.7. The molecule has 0 bridgehead atoms. The topological polar surface area (TPSA) is 78.9 Å². The molecule has 0 aliphatic heterocycles. The van der Waals surface area contributed by atoms with Crippen molar-refractivity contribution in [1.29, 1.82) is 0 Å². The van der Waals surface area contributed by atoms with Crippen molar-refractivity contribution in [2.45, 2.75) is 219 Å². The van der Waals surface area contributed by atoms with Crippen molar-refractivity contribution < 1.29 is 28.6 Å². The van der Waals surface area contributed by atoms with Crippen LogP contribution in [0.4, 0.5) is 0 Å². The Kier molecular flexibility index (Phi) is 43.0. The molecule has 0 aromatic heterocycles. The summed E-state index contributed by atoms with van der Waals surface area (Å²) >= 11 is 0. The summed E-state index contributed by atoms with van der Waals surface area (Å²) in [5.74, 6) is -1.01. The minimum Gasteiger partial charge on any atom is -0.462 e. The van der Waals surface area contributed by atoms with Crippen molar-refractivity contribution in [1.82, 2.24) is 0 Å². The molecule has 6 heteroatoms. The molecule has 0 aromatic carbocycles. The Morgan fingerprint density at radius 3 is 1.18 bits per heavy atom. The lowest BCUT2D eigenvalue weighted by molar-refractivity contribution is -0.167. The van der Waals surface area contributed by atoms with Crippen LogP contribution in [0, 0.1) is 0 Å². The Morgan fingerprint density at radius 1 is 0.368 bits per heavy atom. The highest BCUT2D eigenvalue weighted by molar-refractivity contribution is 5.71. The fourth-order valence-electron chi connectivity index (χ4n) is 6.18. The predicted molar refractivity (Wildman–Crippen MR) is 242 cm³/mol. The molecule has 326 valence electrons. The fourth-order valence-corrected chi connectivity index (χ4v) is 6.18. The molecule has 0 aromatic rings. The van der Waals surface area contributed by atoms with Gasteiger partial charge in [0.25, 0.3) is 0 Å². The highest BCUT2D eigenvalue weighted by Crippen LogP contribution is 2.13. The van der Waals surface area contributed by atoms with Crippen LogP contribution in [0.25, 0.3) is 0 Å². The van der Waals surface area contributed by atoms with E-state index in [2.05, 4.69) is 93.7 Å². The van der Waals surface area contributed by atoms with Gasteiger partial charge in [0, 0.05) is 19.3 Å². The number of hydrogen-bond acceptors (Lipinski definition) is 6. The molecule has 0 aliphatic carbocycles. The van der Waals surface area contributed by atoms with Gasteiger partial charge >= 0.3 is 17.9 Å². The van der Waals surface area contributed by atoms with Gasteiger partial charge in [-0.05, 0) is 83.5 Å². The van der Waals surface area contributed by atoms with E-state index >= 15 is 0 Å². The first-order chi connectivity index (χ1) is 28.0. The molecule has 1 atom stereocenters. The Balaban J connectivity index is 4.48. The number of carbonyl (C=O) groups is 3. The molecule has 6 nitrogen and oxygen atoms in total. The van der Waals surface area contributed by atoms with Crippen LogP contribution in [0.3, 0.4) is 0 Å². The molecule has 57 heavy (non-hydrogen) atoms. The molecule has 0 heterocycles. The smallest absolute Gasteiger partial charge is 0.306 e. The van der Waals surface area contributed by atoms with Crippen LogP contribution < -0.4 is 0 Å². The molecule has 1 unspecified atom stereocenters. The third kappa shape index (κ3) is 43.8. The lowest BCUT2D eigenvalue weighted by Crippen LogP contribution is -2.30. The summed E-state index contributed by atoms with van der Waals surface area (Å²) in [4.78, 5) is 37.7. The summed E-state index contributed by atoms with van der Waals surface area (Å²) in [6.45, 7) is 6.41. The number of hydrogen-bond donors (Lipinski definition) is 0. The van der Waals surface area contributed by atoms with Gasteiger partial charge in [-0.25, -0.2) is 0 Å². The second-order valence-corrected chi connectivity index (χ2v) is 15.3. The highest BCUT2D eigenvalue weighted by atomic mass is 16.6. The summed E-state index contributed by atoms with van der Waals surface area (Å²) in [5, 5.41) is 0. The Labute approximate surface area is 351 Å². The quantitative estimate of drug-likeness (QED) is 0.0265. The zero-order valence-corrected chi connectivity index (χ0v) is 37.1. The van der Waals surface area contributed by atoms with Gasteiger partial charge in [0.1, 0.15) is 13.2 Å². The van der Waals surface area contributed by atoms with Gasteiger partial charge in [-0.2, -0.15) is 0 Å². The van der Waals surface area contributed by atoms with Gasteiger partial charge in [-0.1, -0.05) is 184 Å². The average Bonchev–Trinajstić information content (AvgIpc) is 3.21. The zero-order chi connectivity index (χ0) is 41.5. The molecule has 0 saturated carbocycles. The van der Waals surface area contributed by atoms with E-state index in [4.69, 9.17) is 14.2 Å². The Bertz CT molecular complexity index is 1100.